The molecule has 0 spiro atoms. The Morgan fingerprint density at radius 2 is 1.95 bits per heavy atom. The van der Waals surface area contributed by atoms with E-state index in [1.165, 1.54) is 16.8 Å². The van der Waals surface area contributed by atoms with Gasteiger partial charge in [0.05, 0.1) is 6.04 Å². The van der Waals surface area contributed by atoms with Crippen molar-refractivity contribution in [2.24, 2.45) is 5.92 Å². The van der Waals surface area contributed by atoms with E-state index in [0.717, 1.165) is 18.5 Å². The van der Waals surface area contributed by atoms with Crippen molar-refractivity contribution >= 4 is 5.69 Å². The van der Waals surface area contributed by atoms with Crippen molar-refractivity contribution in [3.8, 4) is 5.75 Å². The molecule has 2 nitrogen and oxygen atoms in total. The number of nitrogens with zero attached hydrogens (tertiary/aromatic N) is 1. The lowest BCUT2D eigenvalue weighted by molar-refractivity contribution is 0.450. The number of aromatic hydroxyl groups is 1. The molecular formula is C19H23NO. The van der Waals surface area contributed by atoms with Gasteiger partial charge in [0.15, 0.2) is 0 Å². The second kappa shape index (κ2) is 5.44. The number of hydrogen-bond donors (Lipinski definition) is 1. The Hall–Kier alpha value is -1.96. The van der Waals surface area contributed by atoms with Crippen molar-refractivity contribution in [3.05, 3.63) is 59.2 Å². The van der Waals surface area contributed by atoms with Crippen molar-refractivity contribution in [1.29, 1.82) is 0 Å². The predicted molar refractivity (Wildman–Crippen MR) is 87.9 cm³/mol. The average molecular weight is 281 g/mol. The molecule has 0 fully saturated rings. The molecule has 0 aliphatic carbocycles. The van der Waals surface area contributed by atoms with E-state index in [1.54, 1.807) is 6.07 Å². The lowest BCUT2D eigenvalue weighted by Crippen LogP contribution is -2.36. The zero-order valence-corrected chi connectivity index (χ0v) is 13.0. The second-order valence-electron chi connectivity index (χ2n) is 6.33. The van der Waals surface area contributed by atoms with Gasteiger partial charge in [-0.05, 0) is 43.9 Å². The summed E-state index contributed by atoms with van der Waals surface area (Å²) in [4.78, 5) is 2.43. The summed E-state index contributed by atoms with van der Waals surface area (Å²) in [5, 5.41) is 10.2. The first-order valence-electron chi connectivity index (χ1n) is 7.70. The highest BCUT2D eigenvalue weighted by Crippen LogP contribution is 2.38. The Bertz CT molecular complexity index is 650. The minimum atomic E-state index is 0.175. The molecule has 2 aromatic rings. The number of benzene rings is 2. The lowest BCUT2D eigenvalue weighted by Gasteiger charge is -2.39. The van der Waals surface area contributed by atoms with Gasteiger partial charge < -0.3 is 10.0 Å². The number of aryl methyl sites for hydroxylation is 1. The van der Waals surface area contributed by atoms with Crippen LogP contribution in [0, 0.1) is 12.8 Å². The van der Waals surface area contributed by atoms with Crippen molar-refractivity contribution in [2.45, 2.75) is 33.2 Å². The molecule has 2 aromatic carbocycles. The Kier molecular flexibility index (Phi) is 3.62. The minimum absolute atomic E-state index is 0.175. The quantitative estimate of drug-likeness (QED) is 0.878. The molecule has 1 aliphatic rings. The molecule has 110 valence electrons. The number of hydrogen-bond acceptors (Lipinski definition) is 2. The van der Waals surface area contributed by atoms with Crippen molar-refractivity contribution in [2.75, 3.05) is 11.4 Å². The molecule has 1 N–H and O–H groups in total. The van der Waals surface area contributed by atoms with Crippen molar-refractivity contribution in [3.63, 3.8) is 0 Å². The molecule has 1 aliphatic heterocycles. The first-order valence-corrected chi connectivity index (χ1v) is 7.70. The van der Waals surface area contributed by atoms with Crippen LogP contribution in [-0.2, 0) is 6.42 Å². The number of para-hydroxylation sites is 1. The molecular weight excluding hydrogens is 258 g/mol. The third kappa shape index (κ3) is 2.63. The first kappa shape index (κ1) is 14.0. The van der Waals surface area contributed by atoms with E-state index in [1.807, 2.05) is 6.07 Å². The maximum atomic E-state index is 10.2. The summed E-state index contributed by atoms with van der Waals surface area (Å²) < 4.78 is 0. The molecule has 0 aromatic heterocycles. The van der Waals surface area contributed by atoms with E-state index in [9.17, 15) is 5.11 Å². The number of phenols is 1. The van der Waals surface area contributed by atoms with Crippen LogP contribution in [0.2, 0.25) is 0 Å². The summed E-state index contributed by atoms with van der Waals surface area (Å²) in [5.74, 6) is 1.03. The molecule has 0 saturated carbocycles. The summed E-state index contributed by atoms with van der Waals surface area (Å²) in [6.07, 6.45) is 1.14. The van der Waals surface area contributed by atoms with Gasteiger partial charge in [0.1, 0.15) is 5.75 Å². The number of anilines is 1. The lowest BCUT2D eigenvalue weighted by atomic mass is 9.91. The van der Waals surface area contributed by atoms with E-state index >= 15 is 0 Å². The normalized spacial score (nSPS) is 19.2. The fraction of sp³-hybridized carbons (Fsp3) is 0.368. The smallest absolute Gasteiger partial charge is 0.120 e. The summed E-state index contributed by atoms with van der Waals surface area (Å²) >= 11 is 0. The van der Waals surface area contributed by atoms with Crippen LogP contribution < -0.4 is 4.90 Å². The molecule has 0 radical (unpaired) electrons. The van der Waals surface area contributed by atoms with E-state index in [4.69, 9.17) is 0 Å². The highest BCUT2D eigenvalue weighted by molar-refractivity contribution is 5.58. The number of fused-ring (bicyclic) bond motifs is 1. The topological polar surface area (TPSA) is 23.5 Å². The number of rotatable bonds is 2. The number of phenolic OH excluding ortho intramolecular Hbond substituents is 1. The Morgan fingerprint density at radius 1 is 1.19 bits per heavy atom. The molecule has 0 bridgehead atoms. The van der Waals surface area contributed by atoms with Gasteiger partial charge in [0, 0.05) is 17.8 Å². The van der Waals surface area contributed by atoms with Crippen LogP contribution in [0.15, 0.2) is 42.5 Å². The largest absolute Gasteiger partial charge is 0.508 e. The predicted octanol–water partition coefficient (Wildman–Crippen LogP) is 4.46. The zero-order chi connectivity index (χ0) is 15.0. The maximum Gasteiger partial charge on any atom is 0.120 e. The van der Waals surface area contributed by atoms with Gasteiger partial charge >= 0.3 is 0 Å². The van der Waals surface area contributed by atoms with E-state index in [0.29, 0.717) is 11.7 Å². The van der Waals surface area contributed by atoms with Crippen LogP contribution in [0.4, 0.5) is 5.69 Å². The SMILES string of the molecule is Cc1ccc(O)c(C(C)N2CC(C)Cc3ccccc32)c1. The van der Waals surface area contributed by atoms with Crippen LogP contribution in [0.25, 0.3) is 0 Å². The summed E-state index contributed by atoms with van der Waals surface area (Å²) in [6, 6.07) is 14.7. The average Bonchev–Trinajstić information content (AvgIpc) is 2.48. The van der Waals surface area contributed by atoms with E-state index in [-0.39, 0.29) is 6.04 Å². The van der Waals surface area contributed by atoms with Crippen molar-refractivity contribution in [1.82, 2.24) is 0 Å². The van der Waals surface area contributed by atoms with Crippen LogP contribution in [0.5, 0.6) is 5.75 Å². The Morgan fingerprint density at radius 3 is 2.76 bits per heavy atom. The second-order valence-corrected chi connectivity index (χ2v) is 6.33. The maximum absolute atomic E-state index is 10.2. The minimum Gasteiger partial charge on any atom is -0.508 e. The third-order valence-corrected chi connectivity index (χ3v) is 4.48. The molecule has 0 saturated heterocycles. The zero-order valence-electron chi connectivity index (χ0n) is 13.0. The van der Waals surface area contributed by atoms with Crippen LogP contribution in [0.3, 0.4) is 0 Å². The molecule has 0 amide bonds. The Balaban J connectivity index is 2.01. The van der Waals surface area contributed by atoms with Gasteiger partial charge in [0.25, 0.3) is 0 Å². The first-order chi connectivity index (χ1) is 10.1. The van der Waals surface area contributed by atoms with Crippen LogP contribution >= 0.6 is 0 Å². The monoisotopic (exact) mass is 281 g/mol. The van der Waals surface area contributed by atoms with Gasteiger partial charge in [-0.2, -0.15) is 0 Å². The molecule has 3 rings (SSSR count). The molecule has 2 unspecified atom stereocenters. The van der Waals surface area contributed by atoms with Crippen molar-refractivity contribution < 1.29 is 5.11 Å². The van der Waals surface area contributed by atoms with Gasteiger partial charge in [-0.3, -0.25) is 0 Å². The van der Waals surface area contributed by atoms with Gasteiger partial charge in [-0.15, -0.1) is 0 Å². The highest BCUT2D eigenvalue weighted by Gasteiger charge is 2.27. The standard InChI is InChI=1S/C19H23NO/c1-13-8-9-19(21)17(11-13)15(3)20-12-14(2)10-16-6-4-5-7-18(16)20/h4-9,11,14-15,21H,10,12H2,1-3H3. The fourth-order valence-electron chi connectivity index (χ4n) is 3.38. The van der Waals surface area contributed by atoms with Gasteiger partial charge in [-0.25, -0.2) is 0 Å². The fourth-order valence-corrected chi connectivity index (χ4v) is 3.38. The summed E-state index contributed by atoms with van der Waals surface area (Å²) in [6.45, 7) is 7.59. The Labute approximate surface area is 127 Å². The van der Waals surface area contributed by atoms with Crippen LogP contribution in [0.1, 0.15) is 36.6 Å². The summed E-state index contributed by atoms with van der Waals surface area (Å²) in [7, 11) is 0. The molecule has 2 atom stereocenters. The van der Waals surface area contributed by atoms with Gasteiger partial charge in [-0.1, -0.05) is 42.8 Å². The molecule has 2 heteroatoms. The molecule has 21 heavy (non-hydrogen) atoms. The summed E-state index contributed by atoms with van der Waals surface area (Å²) in [5.41, 5.74) is 4.92. The van der Waals surface area contributed by atoms with Gasteiger partial charge in [0.2, 0.25) is 0 Å². The highest BCUT2D eigenvalue weighted by atomic mass is 16.3. The third-order valence-electron chi connectivity index (χ3n) is 4.48. The van der Waals surface area contributed by atoms with E-state index in [2.05, 4.69) is 56.0 Å². The van der Waals surface area contributed by atoms with E-state index < -0.39 is 0 Å². The van der Waals surface area contributed by atoms with Crippen LogP contribution in [-0.4, -0.2) is 11.7 Å². The molecule has 1 heterocycles.